The number of carbonyl (C=O) groups is 2. The Bertz CT molecular complexity index is 641. The fraction of sp³-hybridized carbons (Fsp3) is 0.188. The summed E-state index contributed by atoms with van der Waals surface area (Å²) < 4.78 is 5.46. The van der Waals surface area contributed by atoms with Gasteiger partial charge in [-0.3, -0.25) is 4.79 Å². The van der Waals surface area contributed by atoms with E-state index in [0.29, 0.717) is 4.73 Å². The van der Waals surface area contributed by atoms with Crippen LogP contribution in [0.2, 0.25) is 0 Å². The van der Waals surface area contributed by atoms with Crippen LogP contribution in [0.25, 0.3) is 0 Å². The van der Waals surface area contributed by atoms with Crippen molar-refractivity contribution in [1.29, 1.82) is 0 Å². The molecule has 2 aromatic rings. The molecular formula is C16H16N2O4. The van der Waals surface area contributed by atoms with Crippen LogP contribution in [-0.2, 0) is 9.53 Å². The number of rotatable bonds is 5. The highest BCUT2D eigenvalue weighted by Gasteiger charge is 2.13. The second-order valence-electron chi connectivity index (χ2n) is 4.72. The Balaban J connectivity index is 1.82. The van der Waals surface area contributed by atoms with Crippen molar-refractivity contribution in [3.05, 3.63) is 71.2 Å². The summed E-state index contributed by atoms with van der Waals surface area (Å²) in [6.07, 6.45) is 2.38. The molecular weight excluding hydrogens is 284 g/mol. The number of ether oxygens (including phenoxy) is 1. The minimum Gasteiger partial charge on any atom is -0.619 e. The number of nitrogens with one attached hydrogen (secondary N) is 1. The van der Waals surface area contributed by atoms with Gasteiger partial charge in [0.2, 0.25) is 0 Å². The second kappa shape index (κ2) is 7.21. The zero-order valence-electron chi connectivity index (χ0n) is 12.1. The summed E-state index contributed by atoms with van der Waals surface area (Å²) in [5, 5.41) is 13.6. The lowest BCUT2D eigenvalue weighted by molar-refractivity contribution is -0.605. The van der Waals surface area contributed by atoms with Gasteiger partial charge in [-0.25, -0.2) is 4.79 Å². The lowest BCUT2D eigenvalue weighted by Crippen LogP contribution is -2.31. The average Bonchev–Trinajstić information content (AvgIpc) is 2.54. The van der Waals surface area contributed by atoms with Crippen LogP contribution in [0.3, 0.4) is 0 Å². The molecule has 114 valence electrons. The van der Waals surface area contributed by atoms with Gasteiger partial charge in [0.05, 0.1) is 11.6 Å². The Hall–Kier alpha value is -2.89. The minimum atomic E-state index is -0.650. The molecule has 1 aromatic carbocycles. The van der Waals surface area contributed by atoms with Crippen LogP contribution < -0.4 is 10.0 Å². The Morgan fingerprint density at radius 3 is 2.45 bits per heavy atom. The molecule has 0 spiro atoms. The van der Waals surface area contributed by atoms with Crippen molar-refractivity contribution < 1.29 is 19.1 Å². The van der Waals surface area contributed by atoms with Gasteiger partial charge >= 0.3 is 5.97 Å². The summed E-state index contributed by atoms with van der Waals surface area (Å²) in [6, 6.07) is 12.0. The number of nitrogens with zero attached hydrogens (tertiary/aromatic N) is 1. The highest BCUT2D eigenvalue weighted by Crippen LogP contribution is 2.10. The molecule has 1 amide bonds. The third kappa shape index (κ3) is 4.31. The SMILES string of the molecule is CC(NC(=O)COC(=O)c1cc[n+]([O-])cc1)c1ccccc1. The fourth-order valence-corrected chi connectivity index (χ4v) is 1.87. The highest BCUT2D eigenvalue weighted by atomic mass is 16.5. The first kappa shape index (κ1) is 15.5. The predicted octanol–water partition coefficient (Wildman–Crippen LogP) is 1.35. The van der Waals surface area contributed by atoms with Gasteiger partial charge in [0.25, 0.3) is 5.91 Å². The van der Waals surface area contributed by atoms with E-state index in [2.05, 4.69) is 5.32 Å². The van der Waals surface area contributed by atoms with E-state index in [1.807, 2.05) is 37.3 Å². The zero-order chi connectivity index (χ0) is 15.9. The molecule has 1 heterocycles. The van der Waals surface area contributed by atoms with Crippen LogP contribution in [0.5, 0.6) is 0 Å². The largest absolute Gasteiger partial charge is 0.619 e. The van der Waals surface area contributed by atoms with Gasteiger partial charge in [0.15, 0.2) is 19.0 Å². The van der Waals surface area contributed by atoms with E-state index >= 15 is 0 Å². The molecule has 0 radical (unpaired) electrons. The summed E-state index contributed by atoms with van der Waals surface area (Å²) in [7, 11) is 0. The quantitative estimate of drug-likeness (QED) is 0.513. The molecule has 1 aromatic heterocycles. The summed E-state index contributed by atoms with van der Waals surface area (Å²) >= 11 is 0. The van der Waals surface area contributed by atoms with Crippen molar-refractivity contribution in [2.24, 2.45) is 0 Å². The van der Waals surface area contributed by atoms with E-state index in [1.165, 1.54) is 24.5 Å². The summed E-state index contributed by atoms with van der Waals surface area (Å²) in [5.41, 5.74) is 1.18. The van der Waals surface area contributed by atoms with Crippen molar-refractivity contribution in [3.63, 3.8) is 0 Å². The molecule has 2 rings (SSSR count). The Morgan fingerprint density at radius 1 is 1.18 bits per heavy atom. The molecule has 0 aliphatic carbocycles. The second-order valence-corrected chi connectivity index (χ2v) is 4.72. The van der Waals surface area contributed by atoms with Crippen LogP contribution in [0, 0.1) is 5.21 Å². The third-order valence-corrected chi connectivity index (χ3v) is 3.05. The van der Waals surface area contributed by atoms with E-state index in [4.69, 9.17) is 4.74 Å². The molecule has 0 fully saturated rings. The number of carbonyl (C=O) groups excluding carboxylic acids is 2. The van der Waals surface area contributed by atoms with Crippen molar-refractivity contribution in [2.75, 3.05) is 6.61 Å². The Morgan fingerprint density at radius 2 is 1.82 bits per heavy atom. The van der Waals surface area contributed by atoms with E-state index < -0.39 is 5.97 Å². The predicted molar refractivity (Wildman–Crippen MR) is 78.7 cm³/mol. The molecule has 22 heavy (non-hydrogen) atoms. The van der Waals surface area contributed by atoms with Crippen LogP contribution in [0.15, 0.2) is 54.9 Å². The van der Waals surface area contributed by atoms with Crippen LogP contribution >= 0.6 is 0 Å². The van der Waals surface area contributed by atoms with E-state index in [0.717, 1.165) is 5.56 Å². The van der Waals surface area contributed by atoms with E-state index in [1.54, 1.807) is 0 Å². The molecule has 1 unspecified atom stereocenters. The number of benzene rings is 1. The van der Waals surface area contributed by atoms with Gasteiger partial charge < -0.3 is 15.3 Å². The topological polar surface area (TPSA) is 82.3 Å². The standard InChI is InChI=1S/C16H16N2O4/c1-12(13-5-3-2-4-6-13)17-15(19)11-22-16(20)14-7-9-18(21)10-8-14/h2-10,12H,11H2,1H3,(H,17,19). The fourth-order valence-electron chi connectivity index (χ4n) is 1.87. The van der Waals surface area contributed by atoms with Gasteiger partial charge in [-0.05, 0) is 12.5 Å². The molecule has 6 nitrogen and oxygen atoms in total. The molecule has 0 aliphatic rings. The lowest BCUT2D eigenvalue weighted by Gasteiger charge is -2.14. The maximum atomic E-state index is 11.8. The van der Waals surface area contributed by atoms with E-state index in [9.17, 15) is 14.8 Å². The van der Waals surface area contributed by atoms with Gasteiger partial charge in [-0.15, -0.1) is 0 Å². The van der Waals surface area contributed by atoms with Crippen molar-refractivity contribution in [2.45, 2.75) is 13.0 Å². The number of amides is 1. The van der Waals surface area contributed by atoms with E-state index in [-0.39, 0.29) is 24.1 Å². The van der Waals surface area contributed by atoms with Crippen LogP contribution in [-0.4, -0.2) is 18.5 Å². The van der Waals surface area contributed by atoms with Gasteiger partial charge in [-0.1, -0.05) is 30.3 Å². The molecule has 1 atom stereocenters. The summed E-state index contributed by atoms with van der Waals surface area (Å²) in [4.78, 5) is 23.5. The number of hydrogen-bond acceptors (Lipinski definition) is 4. The zero-order valence-corrected chi connectivity index (χ0v) is 12.1. The Kier molecular flexibility index (Phi) is 5.08. The third-order valence-electron chi connectivity index (χ3n) is 3.05. The monoisotopic (exact) mass is 300 g/mol. The molecule has 0 saturated carbocycles. The van der Waals surface area contributed by atoms with Crippen LogP contribution in [0.4, 0.5) is 0 Å². The smallest absolute Gasteiger partial charge is 0.339 e. The number of aromatic nitrogens is 1. The number of esters is 1. The summed E-state index contributed by atoms with van der Waals surface area (Å²) in [5.74, 6) is -1.04. The molecule has 0 bridgehead atoms. The van der Waals surface area contributed by atoms with Crippen molar-refractivity contribution in [1.82, 2.24) is 5.32 Å². The van der Waals surface area contributed by atoms with Crippen LogP contribution in [0.1, 0.15) is 28.9 Å². The summed E-state index contributed by atoms with van der Waals surface area (Å²) in [6.45, 7) is 1.47. The minimum absolute atomic E-state index is 0.177. The maximum Gasteiger partial charge on any atom is 0.339 e. The maximum absolute atomic E-state index is 11.8. The average molecular weight is 300 g/mol. The number of pyridine rings is 1. The van der Waals surface area contributed by atoms with Gasteiger partial charge in [0, 0.05) is 12.1 Å². The van der Waals surface area contributed by atoms with Gasteiger partial charge in [0.1, 0.15) is 0 Å². The molecule has 0 saturated heterocycles. The van der Waals surface area contributed by atoms with Crippen molar-refractivity contribution in [3.8, 4) is 0 Å². The Labute approximate surface area is 127 Å². The lowest BCUT2D eigenvalue weighted by atomic mass is 10.1. The van der Waals surface area contributed by atoms with Gasteiger partial charge in [-0.2, -0.15) is 4.73 Å². The van der Waals surface area contributed by atoms with Crippen molar-refractivity contribution >= 4 is 11.9 Å². The molecule has 6 heteroatoms. The first-order valence-electron chi connectivity index (χ1n) is 6.76. The molecule has 1 N–H and O–H groups in total. The molecule has 0 aliphatic heterocycles. The first-order chi connectivity index (χ1) is 10.6. The number of hydrogen-bond donors (Lipinski definition) is 1. The normalized spacial score (nSPS) is 11.5. The first-order valence-corrected chi connectivity index (χ1v) is 6.76. The highest BCUT2D eigenvalue weighted by molar-refractivity contribution is 5.91.